The number of nitrogens with one attached hydrogen (secondary N) is 4. The molecule has 16 nitrogen and oxygen atoms in total. The lowest BCUT2D eigenvalue weighted by molar-refractivity contribution is 0.0929. The Morgan fingerprint density at radius 1 is 0.467 bits per heavy atom. The molecular weight excluding hydrogens is 1280 g/mol. The molecule has 6 N–H and O–H groups in total. The Hall–Kier alpha value is -6.67. The summed E-state index contributed by atoms with van der Waals surface area (Å²) >= 11 is 4.67. The van der Waals surface area contributed by atoms with E-state index in [1.807, 2.05) is 18.2 Å². The van der Waals surface area contributed by atoms with Crippen molar-refractivity contribution in [1.29, 1.82) is 0 Å². The van der Waals surface area contributed by atoms with Crippen LogP contribution in [-0.4, -0.2) is 68.0 Å². The van der Waals surface area contributed by atoms with Crippen molar-refractivity contribution in [3.05, 3.63) is 217 Å². The highest BCUT2D eigenvalue weighted by molar-refractivity contribution is 7.93. The summed E-state index contributed by atoms with van der Waals surface area (Å²) in [6, 6.07) is 38.8. The molecule has 0 saturated carbocycles. The first-order chi connectivity index (χ1) is 42.7. The average molecular weight is 1350 g/mol. The standard InChI is InChI=1S/2C17H19NO3S2.C17H19NO2S.C16H18N2O3S2/c1-11-3-6-14-12(9-11)4-7-15(14)18-17(19)16-8-5-13(22-16)10-23(2,20)21;1-3-23(20,21)16-9-8-15(22-16)17(19)18-14-7-5-12-10-11(2)4-6-13(12)14;1-11-3-6-14-12(9-11)4-7-15(14)18-17(19)16-8-5-13(21-16)10-20-2;1-10-5-6-12-11(9-10)3-2-4-13(12)18-16(19)14-7-8-15(22-14)23(17,20)21/h3,5-6,8-9,15H,4,7,10H2,1-2H3,(H,18,19);4,6,8-10,14H,3,5,7H2,1-2H3,(H,18,19);3,5-6,8-9,15H,4,7,10H2,1-2H3,(H,18,19);5-9,13H,2-4H2,1H3,(H,18,19)(H2,17,20,21)/t15-;14-;15-;13-/m1111/s1. The first-order valence-electron chi connectivity index (χ1n) is 29.6. The van der Waals surface area contributed by atoms with Crippen LogP contribution in [0.1, 0.15) is 178 Å². The molecule has 0 aliphatic heterocycles. The van der Waals surface area contributed by atoms with E-state index in [2.05, 4.69) is 116 Å². The topological polar surface area (TPSA) is 254 Å². The number of carbonyl (C=O) groups is 4. The van der Waals surface area contributed by atoms with Gasteiger partial charge < -0.3 is 26.0 Å². The van der Waals surface area contributed by atoms with Crippen molar-refractivity contribution < 1.29 is 49.2 Å². The van der Waals surface area contributed by atoms with Crippen LogP contribution in [0.2, 0.25) is 0 Å². The molecule has 4 aliphatic rings. The van der Waals surface area contributed by atoms with Gasteiger partial charge in [0.15, 0.2) is 19.7 Å². The minimum Gasteiger partial charge on any atom is -0.379 e. The molecule has 0 bridgehead atoms. The predicted molar refractivity (Wildman–Crippen MR) is 359 cm³/mol. The van der Waals surface area contributed by atoms with Crippen LogP contribution < -0.4 is 26.4 Å². The summed E-state index contributed by atoms with van der Waals surface area (Å²) < 4.78 is 74.3. The van der Waals surface area contributed by atoms with Gasteiger partial charge >= 0.3 is 0 Å². The molecule has 4 heterocycles. The third-order valence-electron chi connectivity index (χ3n) is 16.0. The van der Waals surface area contributed by atoms with Gasteiger partial charge in [0.25, 0.3) is 23.6 Å². The van der Waals surface area contributed by atoms with Crippen LogP contribution in [0.25, 0.3) is 0 Å². The van der Waals surface area contributed by atoms with E-state index < -0.39 is 29.7 Å². The number of benzene rings is 4. The Kier molecular flexibility index (Phi) is 22.0. The summed E-state index contributed by atoms with van der Waals surface area (Å²) in [4.78, 5) is 53.4. The van der Waals surface area contributed by atoms with Crippen LogP contribution in [0.4, 0.5) is 0 Å². The number of aryl methyl sites for hydroxylation is 8. The van der Waals surface area contributed by atoms with Gasteiger partial charge in [0.2, 0.25) is 10.0 Å². The summed E-state index contributed by atoms with van der Waals surface area (Å²) in [6.07, 6.45) is 9.89. The summed E-state index contributed by atoms with van der Waals surface area (Å²) in [6.45, 7) is 10.5. The van der Waals surface area contributed by atoms with Gasteiger partial charge in [-0.2, -0.15) is 0 Å². The maximum absolute atomic E-state index is 12.4. The minimum absolute atomic E-state index is 0.00215. The molecular formula is C67H75N5O11S7. The zero-order valence-electron chi connectivity index (χ0n) is 51.3. The van der Waals surface area contributed by atoms with Crippen LogP contribution in [-0.2, 0) is 72.5 Å². The van der Waals surface area contributed by atoms with Crippen LogP contribution in [0.3, 0.4) is 0 Å². The van der Waals surface area contributed by atoms with Gasteiger partial charge in [-0.1, -0.05) is 102 Å². The molecule has 4 amide bonds. The fourth-order valence-electron chi connectivity index (χ4n) is 11.6. The van der Waals surface area contributed by atoms with E-state index in [1.54, 1.807) is 32.2 Å². The largest absolute Gasteiger partial charge is 0.379 e. The lowest BCUT2D eigenvalue weighted by atomic mass is 9.86. The molecule has 90 heavy (non-hydrogen) atoms. The van der Waals surface area contributed by atoms with E-state index in [0.29, 0.717) is 26.1 Å². The summed E-state index contributed by atoms with van der Waals surface area (Å²) in [7, 11) is -8.43. The van der Waals surface area contributed by atoms with Gasteiger partial charge in [-0.05, 0) is 179 Å². The van der Waals surface area contributed by atoms with E-state index in [9.17, 15) is 44.4 Å². The number of ether oxygens (including phenoxy) is 1. The van der Waals surface area contributed by atoms with Crippen molar-refractivity contribution >= 4 is 98.7 Å². The van der Waals surface area contributed by atoms with Gasteiger partial charge in [0, 0.05) is 23.1 Å². The quantitative estimate of drug-likeness (QED) is 0.0645. The second-order valence-corrected chi connectivity index (χ2v) is 34.1. The molecule has 4 atom stereocenters. The molecule has 4 aromatic carbocycles. The molecule has 476 valence electrons. The number of primary sulfonamides is 1. The smallest absolute Gasteiger partial charge is 0.261 e. The Morgan fingerprint density at radius 2 is 0.811 bits per heavy atom. The highest BCUT2D eigenvalue weighted by atomic mass is 32.2. The molecule has 8 aromatic rings. The Morgan fingerprint density at radius 3 is 1.19 bits per heavy atom. The first kappa shape index (κ1) is 67.7. The normalized spacial score (nSPS) is 17.1. The van der Waals surface area contributed by atoms with E-state index in [0.717, 1.165) is 95.8 Å². The molecule has 0 saturated heterocycles. The lowest BCUT2D eigenvalue weighted by Crippen LogP contribution is -2.30. The Labute approximate surface area is 544 Å². The highest BCUT2D eigenvalue weighted by Crippen LogP contribution is 2.36. The van der Waals surface area contributed by atoms with Gasteiger partial charge in [-0.15, -0.1) is 45.3 Å². The van der Waals surface area contributed by atoms with Crippen molar-refractivity contribution in [3.63, 3.8) is 0 Å². The summed E-state index contributed by atoms with van der Waals surface area (Å²) in [5.74, 6) is -0.552. The number of sulfonamides is 1. The van der Waals surface area contributed by atoms with Crippen LogP contribution in [0.15, 0.2) is 130 Å². The van der Waals surface area contributed by atoms with Crippen molar-refractivity contribution in [2.45, 2.75) is 137 Å². The summed E-state index contributed by atoms with van der Waals surface area (Å²) in [5.41, 5.74) is 15.0. The number of rotatable bonds is 15. The number of amides is 4. The van der Waals surface area contributed by atoms with Crippen molar-refractivity contribution in [3.8, 4) is 0 Å². The zero-order valence-corrected chi connectivity index (χ0v) is 57.0. The Balaban J connectivity index is 0.000000142. The predicted octanol–water partition coefficient (Wildman–Crippen LogP) is 12.4. The number of sulfone groups is 2. The molecule has 4 aliphatic carbocycles. The van der Waals surface area contributed by atoms with Crippen molar-refractivity contribution in [1.82, 2.24) is 21.3 Å². The SMILES string of the molecule is CCS(=O)(=O)c1ccc(C(=O)N[C@@H]2CCc3cc(C)ccc32)s1.COCc1ccc(C(=O)N[C@@H]2CCc3cc(C)ccc32)s1.Cc1ccc2c(c1)CCC[C@H]2NC(=O)c1ccc(S(N)(=O)=O)s1.Cc1ccc2c(c1)CC[C@H]2NC(=O)c1ccc(CS(C)(=O)=O)s1. The number of fused-ring (bicyclic) bond motifs is 4. The van der Waals surface area contributed by atoms with Crippen LogP contribution in [0, 0.1) is 27.7 Å². The maximum Gasteiger partial charge on any atom is 0.261 e. The number of carbonyl (C=O) groups excluding carboxylic acids is 4. The number of hydrogen-bond acceptors (Lipinski definition) is 15. The molecule has 0 spiro atoms. The van der Waals surface area contributed by atoms with Gasteiger partial charge in [-0.25, -0.2) is 30.4 Å². The fraction of sp³-hybridized carbons (Fsp3) is 0.343. The fourth-order valence-corrected chi connectivity index (χ4v) is 18.6. The summed E-state index contributed by atoms with van der Waals surface area (Å²) in [5, 5.41) is 17.4. The van der Waals surface area contributed by atoms with Crippen molar-refractivity contribution in [2.24, 2.45) is 5.14 Å². The minimum atomic E-state index is -3.76. The third kappa shape index (κ3) is 17.5. The number of thiophene rings is 4. The van der Waals surface area contributed by atoms with Crippen LogP contribution in [0.5, 0.6) is 0 Å². The number of hydrogen-bond donors (Lipinski definition) is 5. The second-order valence-electron chi connectivity index (χ2n) is 23.1. The molecule has 23 heteroatoms. The van der Waals surface area contributed by atoms with E-state index in [1.165, 1.54) is 108 Å². The van der Waals surface area contributed by atoms with Crippen molar-refractivity contribution in [2.75, 3.05) is 19.1 Å². The van der Waals surface area contributed by atoms with E-state index >= 15 is 0 Å². The number of nitrogens with two attached hydrogens (primary N) is 1. The van der Waals surface area contributed by atoms with E-state index in [4.69, 9.17) is 9.88 Å². The molecule has 0 fully saturated rings. The van der Waals surface area contributed by atoms with Gasteiger partial charge in [0.05, 0.1) is 61.8 Å². The second kappa shape index (κ2) is 29.3. The highest BCUT2D eigenvalue weighted by Gasteiger charge is 2.29. The number of methoxy groups -OCH3 is 1. The monoisotopic (exact) mass is 1350 g/mol. The van der Waals surface area contributed by atoms with Crippen LogP contribution >= 0.6 is 45.3 Å². The Bertz CT molecular complexity index is 4320. The maximum atomic E-state index is 12.4. The third-order valence-corrected chi connectivity index (χ3v) is 25.1. The molecule has 12 rings (SSSR count). The molecule has 0 radical (unpaired) electrons. The molecule has 4 aromatic heterocycles. The first-order valence-corrected chi connectivity index (χ1v) is 38.2. The van der Waals surface area contributed by atoms with Gasteiger partial charge in [0.1, 0.15) is 8.42 Å². The average Bonchev–Trinajstić information content (AvgIpc) is 1.58. The lowest BCUT2D eigenvalue weighted by Gasteiger charge is -2.26. The zero-order chi connectivity index (χ0) is 64.7. The van der Waals surface area contributed by atoms with Gasteiger partial charge in [-0.3, -0.25) is 19.2 Å². The van der Waals surface area contributed by atoms with E-state index in [-0.39, 0.29) is 67.7 Å². The molecule has 0 unspecified atom stereocenters.